The molecule has 6 heteroatoms. The Bertz CT molecular complexity index is 929. The van der Waals surface area contributed by atoms with Crippen molar-refractivity contribution < 1.29 is 4.79 Å². The van der Waals surface area contributed by atoms with E-state index in [1.165, 1.54) is 25.7 Å². The lowest BCUT2D eigenvalue weighted by molar-refractivity contribution is 0.102. The highest BCUT2D eigenvalue weighted by Crippen LogP contribution is 2.22. The van der Waals surface area contributed by atoms with E-state index in [9.17, 15) is 4.79 Å². The van der Waals surface area contributed by atoms with Crippen molar-refractivity contribution in [1.82, 2.24) is 15.0 Å². The summed E-state index contributed by atoms with van der Waals surface area (Å²) in [6.07, 6.45) is 10.6. The number of hydrogen-bond donors (Lipinski definition) is 2. The van der Waals surface area contributed by atoms with E-state index in [0.717, 1.165) is 23.7 Å². The average Bonchev–Trinajstić information content (AvgIpc) is 2.97. The summed E-state index contributed by atoms with van der Waals surface area (Å²) >= 11 is 0. The molecule has 27 heavy (non-hydrogen) atoms. The number of benzene rings is 1. The first-order chi connectivity index (χ1) is 13.3. The van der Waals surface area contributed by atoms with Gasteiger partial charge in [-0.25, -0.2) is 9.97 Å². The number of amides is 1. The predicted octanol–water partition coefficient (Wildman–Crippen LogP) is 4.41. The average molecular weight is 361 g/mol. The first kappa shape index (κ1) is 17.4. The second-order valence-corrected chi connectivity index (χ2v) is 6.93. The summed E-state index contributed by atoms with van der Waals surface area (Å²) < 4.78 is 0. The van der Waals surface area contributed by atoms with Crippen molar-refractivity contribution in [2.75, 3.05) is 10.6 Å². The molecule has 0 aliphatic heterocycles. The highest BCUT2D eigenvalue weighted by molar-refractivity contribution is 6.07. The van der Waals surface area contributed by atoms with Crippen LogP contribution in [0.2, 0.25) is 0 Å². The summed E-state index contributed by atoms with van der Waals surface area (Å²) in [5, 5.41) is 7.30. The standard InChI is InChI=1S/C21H23N5O/c27-20(25-17-11-5-7-15-8-6-13-22-19(15)17)18-12-14-23-21(26-18)24-16-9-3-1-2-4-10-16/h5-8,11-14,16H,1-4,9-10H2,(H,25,27)(H,23,24,26). The molecule has 2 N–H and O–H groups in total. The number of pyridine rings is 1. The predicted molar refractivity (Wildman–Crippen MR) is 107 cm³/mol. The molecule has 0 spiro atoms. The number of carbonyl (C=O) groups excluding carboxylic acids is 1. The number of para-hydroxylation sites is 1. The van der Waals surface area contributed by atoms with Crippen LogP contribution < -0.4 is 10.6 Å². The van der Waals surface area contributed by atoms with Gasteiger partial charge < -0.3 is 10.6 Å². The van der Waals surface area contributed by atoms with Gasteiger partial charge in [-0.05, 0) is 31.0 Å². The SMILES string of the molecule is O=C(Nc1cccc2cccnc12)c1ccnc(NC2CCCCCC2)n1. The lowest BCUT2D eigenvalue weighted by Gasteiger charge is -2.16. The second kappa shape index (κ2) is 8.12. The fourth-order valence-corrected chi connectivity index (χ4v) is 3.55. The molecule has 138 valence electrons. The summed E-state index contributed by atoms with van der Waals surface area (Å²) in [5.41, 5.74) is 1.78. The van der Waals surface area contributed by atoms with Crippen molar-refractivity contribution in [1.29, 1.82) is 0 Å². The normalized spacial score (nSPS) is 15.3. The third-order valence-electron chi connectivity index (χ3n) is 4.96. The molecule has 1 aliphatic carbocycles. The number of nitrogens with zero attached hydrogens (tertiary/aromatic N) is 3. The quantitative estimate of drug-likeness (QED) is 0.673. The number of nitrogens with one attached hydrogen (secondary N) is 2. The van der Waals surface area contributed by atoms with Gasteiger partial charge >= 0.3 is 0 Å². The van der Waals surface area contributed by atoms with Gasteiger partial charge in [0.15, 0.2) is 0 Å². The molecule has 0 saturated heterocycles. The van der Waals surface area contributed by atoms with Crippen molar-refractivity contribution in [3.8, 4) is 0 Å². The molecule has 6 nitrogen and oxygen atoms in total. The molecule has 2 heterocycles. The van der Waals surface area contributed by atoms with Crippen LogP contribution in [0.5, 0.6) is 0 Å². The summed E-state index contributed by atoms with van der Waals surface area (Å²) in [7, 11) is 0. The third kappa shape index (κ3) is 4.22. The zero-order chi connectivity index (χ0) is 18.5. The molecular formula is C21H23N5O. The number of fused-ring (bicyclic) bond motifs is 1. The smallest absolute Gasteiger partial charge is 0.274 e. The van der Waals surface area contributed by atoms with Crippen molar-refractivity contribution in [3.63, 3.8) is 0 Å². The Kier molecular flexibility index (Phi) is 5.23. The van der Waals surface area contributed by atoms with Crippen molar-refractivity contribution in [3.05, 3.63) is 54.5 Å². The minimum absolute atomic E-state index is 0.264. The van der Waals surface area contributed by atoms with Gasteiger partial charge in [-0.3, -0.25) is 9.78 Å². The summed E-state index contributed by atoms with van der Waals surface area (Å²) in [6, 6.07) is 11.6. The molecule has 1 aliphatic rings. The van der Waals surface area contributed by atoms with E-state index >= 15 is 0 Å². The minimum atomic E-state index is -0.264. The topological polar surface area (TPSA) is 79.8 Å². The number of rotatable bonds is 4. The van der Waals surface area contributed by atoms with Crippen molar-refractivity contribution in [2.24, 2.45) is 0 Å². The van der Waals surface area contributed by atoms with Crippen LogP contribution in [-0.2, 0) is 0 Å². The van der Waals surface area contributed by atoms with Crippen LogP contribution >= 0.6 is 0 Å². The van der Waals surface area contributed by atoms with Crippen molar-refractivity contribution in [2.45, 2.75) is 44.6 Å². The molecule has 1 saturated carbocycles. The Morgan fingerprint density at radius 2 is 1.74 bits per heavy atom. The van der Waals surface area contributed by atoms with Gasteiger partial charge in [0.25, 0.3) is 5.91 Å². The van der Waals surface area contributed by atoms with Crippen LogP contribution in [0.15, 0.2) is 48.8 Å². The van der Waals surface area contributed by atoms with Crippen LogP contribution in [-0.4, -0.2) is 26.9 Å². The molecule has 0 unspecified atom stereocenters. The highest BCUT2D eigenvalue weighted by Gasteiger charge is 2.15. The Morgan fingerprint density at radius 3 is 2.59 bits per heavy atom. The maximum Gasteiger partial charge on any atom is 0.274 e. The lowest BCUT2D eigenvalue weighted by Crippen LogP contribution is -2.21. The van der Waals surface area contributed by atoms with Crippen LogP contribution in [0.3, 0.4) is 0 Å². The van der Waals surface area contributed by atoms with Crippen LogP contribution in [0, 0.1) is 0 Å². The van der Waals surface area contributed by atoms with E-state index in [1.54, 1.807) is 18.5 Å². The van der Waals surface area contributed by atoms with E-state index < -0.39 is 0 Å². The van der Waals surface area contributed by atoms with Gasteiger partial charge in [0.05, 0.1) is 11.2 Å². The largest absolute Gasteiger partial charge is 0.351 e. The summed E-state index contributed by atoms with van der Waals surface area (Å²) in [4.78, 5) is 25.8. The third-order valence-corrected chi connectivity index (χ3v) is 4.96. The maximum absolute atomic E-state index is 12.7. The second-order valence-electron chi connectivity index (χ2n) is 6.93. The lowest BCUT2D eigenvalue weighted by atomic mass is 10.1. The number of hydrogen-bond acceptors (Lipinski definition) is 5. The van der Waals surface area contributed by atoms with Gasteiger partial charge in [-0.2, -0.15) is 0 Å². The maximum atomic E-state index is 12.7. The van der Waals surface area contributed by atoms with Gasteiger partial charge in [0.1, 0.15) is 5.69 Å². The van der Waals surface area contributed by atoms with Gasteiger partial charge in [-0.15, -0.1) is 0 Å². The highest BCUT2D eigenvalue weighted by atomic mass is 16.1. The van der Waals surface area contributed by atoms with Crippen LogP contribution in [0.25, 0.3) is 10.9 Å². The van der Waals surface area contributed by atoms with E-state index in [-0.39, 0.29) is 5.91 Å². The fraction of sp³-hybridized carbons (Fsp3) is 0.333. The molecule has 1 aromatic carbocycles. The first-order valence-corrected chi connectivity index (χ1v) is 9.54. The summed E-state index contributed by atoms with van der Waals surface area (Å²) in [5.74, 6) is 0.255. The molecule has 0 bridgehead atoms. The number of anilines is 2. The molecule has 0 atom stereocenters. The van der Waals surface area contributed by atoms with Gasteiger partial charge in [0, 0.05) is 23.8 Å². The monoisotopic (exact) mass is 361 g/mol. The zero-order valence-corrected chi connectivity index (χ0v) is 15.2. The van der Waals surface area contributed by atoms with Gasteiger partial charge in [0.2, 0.25) is 5.95 Å². The van der Waals surface area contributed by atoms with E-state index in [1.807, 2.05) is 30.3 Å². The summed E-state index contributed by atoms with van der Waals surface area (Å²) in [6.45, 7) is 0. The first-order valence-electron chi connectivity index (χ1n) is 9.54. The molecule has 2 aromatic heterocycles. The Balaban J connectivity index is 1.50. The minimum Gasteiger partial charge on any atom is -0.351 e. The molecule has 4 rings (SSSR count). The molecule has 0 radical (unpaired) electrons. The Hall–Kier alpha value is -3.02. The van der Waals surface area contributed by atoms with Crippen molar-refractivity contribution >= 4 is 28.4 Å². The van der Waals surface area contributed by atoms with E-state index in [4.69, 9.17) is 0 Å². The molecule has 3 aromatic rings. The number of aromatic nitrogens is 3. The fourth-order valence-electron chi connectivity index (χ4n) is 3.55. The number of carbonyl (C=O) groups is 1. The van der Waals surface area contributed by atoms with Crippen LogP contribution in [0.1, 0.15) is 49.0 Å². The molecule has 1 amide bonds. The van der Waals surface area contributed by atoms with E-state index in [0.29, 0.717) is 23.4 Å². The zero-order valence-electron chi connectivity index (χ0n) is 15.2. The van der Waals surface area contributed by atoms with Crippen LogP contribution in [0.4, 0.5) is 11.6 Å². The molecule has 1 fully saturated rings. The molecular weight excluding hydrogens is 338 g/mol. The van der Waals surface area contributed by atoms with Gasteiger partial charge in [-0.1, -0.05) is 43.9 Å². The van der Waals surface area contributed by atoms with E-state index in [2.05, 4.69) is 25.6 Å². The Morgan fingerprint density at radius 1 is 0.926 bits per heavy atom. The Labute approximate surface area is 158 Å².